The van der Waals surface area contributed by atoms with E-state index in [0.717, 1.165) is 0 Å². The van der Waals surface area contributed by atoms with Crippen molar-refractivity contribution in [3.05, 3.63) is 25.3 Å². The molecule has 0 aromatic carbocycles. The standard InChI is InChI=1S/C12H22Si/c1-3-9-13(10-4-2)11-7-5-6-8-12-13/h3-4H,1-2,5-12H2. The van der Waals surface area contributed by atoms with Gasteiger partial charge in [-0.1, -0.05) is 49.9 Å². The third kappa shape index (κ3) is 3.15. The van der Waals surface area contributed by atoms with Crippen LogP contribution in [-0.2, 0) is 0 Å². The highest BCUT2D eigenvalue weighted by atomic mass is 28.3. The number of hydrogen-bond donors (Lipinski definition) is 0. The number of hydrogen-bond acceptors (Lipinski definition) is 0. The van der Waals surface area contributed by atoms with Gasteiger partial charge in [0.15, 0.2) is 0 Å². The quantitative estimate of drug-likeness (QED) is 0.460. The van der Waals surface area contributed by atoms with Crippen LogP contribution in [0, 0.1) is 0 Å². The van der Waals surface area contributed by atoms with Gasteiger partial charge in [0.1, 0.15) is 0 Å². The molecule has 0 bridgehead atoms. The molecule has 1 heteroatoms. The van der Waals surface area contributed by atoms with Crippen LogP contribution in [0.3, 0.4) is 0 Å². The van der Waals surface area contributed by atoms with E-state index in [9.17, 15) is 0 Å². The van der Waals surface area contributed by atoms with Gasteiger partial charge in [-0.3, -0.25) is 0 Å². The lowest BCUT2D eigenvalue weighted by Crippen LogP contribution is -2.31. The summed E-state index contributed by atoms with van der Waals surface area (Å²) in [7, 11) is -0.969. The van der Waals surface area contributed by atoms with Crippen molar-refractivity contribution in [2.45, 2.75) is 49.9 Å². The summed E-state index contributed by atoms with van der Waals surface area (Å²) in [6.45, 7) is 7.83. The summed E-state index contributed by atoms with van der Waals surface area (Å²) in [6.07, 6.45) is 10.2. The van der Waals surface area contributed by atoms with Gasteiger partial charge in [-0.15, -0.1) is 13.2 Å². The van der Waals surface area contributed by atoms with Crippen LogP contribution in [0.1, 0.15) is 25.7 Å². The fourth-order valence-electron chi connectivity index (χ4n) is 2.58. The van der Waals surface area contributed by atoms with Crippen LogP contribution in [0.15, 0.2) is 25.3 Å². The third-order valence-electron chi connectivity index (χ3n) is 3.32. The van der Waals surface area contributed by atoms with E-state index in [0.29, 0.717) is 0 Å². The van der Waals surface area contributed by atoms with Crippen LogP contribution >= 0.6 is 0 Å². The molecule has 0 unspecified atom stereocenters. The maximum Gasteiger partial charge on any atom is 0.0610 e. The van der Waals surface area contributed by atoms with E-state index in [1.165, 1.54) is 49.9 Å². The zero-order valence-corrected chi connectivity index (χ0v) is 9.73. The summed E-state index contributed by atoms with van der Waals surface area (Å²) in [5.41, 5.74) is 0. The summed E-state index contributed by atoms with van der Waals surface area (Å²) >= 11 is 0. The molecule has 13 heavy (non-hydrogen) atoms. The van der Waals surface area contributed by atoms with Crippen LogP contribution < -0.4 is 0 Å². The molecule has 1 aliphatic rings. The summed E-state index contributed by atoms with van der Waals surface area (Å²) < 4.78 is 0. The van der Waals surface area contributed by atoms with Crippen LogP contribution in [-0.4, -0.2) is 8.07 Å². The highest BCUT2D eigenvalue weighted by Crippen LogP contribution is 2.34. The largest absolute Gasteiger partial charge is 0.103 e. The van der Waals surface area contributed by atoms with E-state index in [4.69, 9.17) is 0 Å². The van der Waals surface area contributed by atoms with Crippen molar-refractivity contribution in [2.24, 2.45) is 0 Å². The first-order valence-corrected chi connectivity index (χ1v) is 8.38. The zero-order valence-electron chi connectivity index (χ0n) is 8.73. The molecule has 1 saturated heterocycles. The molecular weight excluding hydrogens is 172 g/mol. The first-order valence-electron chi connectivity index (χ1n) is 5.55. The zero-order chi connectivity index (χ0) is 9.57. The smallest absolute Gasteiger partial charge is 0.0610 e. The van der Waals surface area contributed by atoms with Crippen molar-refractivity contribution in [2.75, 3.05) is 0 Å². The van der Waals surface area contributed by atoms with Gasteiger partial charge in [0, 0.05) is 0 Å². The maximum absolute atomic E-state index is 3.91. The van der Waals surface area contributed by atoms with E-state index in [1.807, 2.05) is 0 Å². The summed E-state index contributed by atoms with van der Waals surface area (Å²) in [5, 5.41) is 0. The van der Waals surface area contributed by atoms with Gasteiger partial charge in [0.05, 0.1) is 8.07 Å². The highest BCUT2D eigenvalue weighted by molar-refractivity contribution is 6.80. The van der Waals surface area contributed by atoms with Gasteiger partial charge in [-0.2, -0.15) is 0 Å². The Morgan fingerprint density at radius 2 is 1.31 bits per heavy atom. The third-order valence-corrected chi connectivity index (χ3v) is 8.46. The Labute approximate surface area is 83.7 Å². The Bertz CT molecular complexity index is 152. The van der Waals surface area contributed by atoms with Crippen LogP contribution in [0.2, 0.25) is 24.2 Å². The molecule has 0 amide bonds. The van der Waals surface area contributed by atoms with Gasteiger partial charge >= 0.3 is 0 Å². The molecule has 74 valence electrons. The molecule has 0 radical (unpaired) electrons. The molecule has 1 heterocycles. The molecular formula is C12H22Si. The van der Waals surface area contributed by atoms with E-state index >= 15 is 0 Å². The van der Waals surface area contributed by atoms with Crippen molar-refractivity contribution in [1.82, 2.24) is 0 Å². The van der Waals surface area contributed by atoms with Crippen molar-refractivity contribution in [1.29, 1.82) is 0 Å². The molecule has 0 spiro atoms. The lowest BCUT2D eigenvalue weighted by molar-refractivity contribution is 0.720. The average Bonchev–Trinajstić information content (AvgIpc) is 2.32. The predicted molar refractivity (Wildman–Crippen MR) is 63.8 cm³/mol. The Morgan fingerprint density at radius 1 is 0.846 bits per heavy atom. The number of rotatable bonds is 4. The van der Waals surface area contributed by atoms with E-state index in [1.54, 1.807) is 0 Å². The first kappa shape index (κ1) is 10.8. The van der Waals surface area contributed by atoms with Gasteiger partial charge in [-0.05, 0) is 12.1 Å². The van der Waals surface area contributed by atoms with Crippen LogP contribution in [0.5, 0.6) is 0 Å². The van der Waals surface area contributed by atoms with E-state index < -0.39 is 8.07 Å². The lowest BCUT2D eigenvalue weighted by atomic mass is 10.2. The van der Waals surface area contributed by atoms with Crippen LogP contribution in [0.4, 0.5) is 0 Å². The molecule has 0 nitrogen and oxygen atoms in total. The summed E-state index contributed by atoms with van der Waals surface area (Å²) in [6, 6.07) is 5.67. The molecule has 0 aromatic rings. The minimum absolute atomic E-state index is 0.969. The molecule has 1 fully saturated rings. The SMILES string of the molecule is C=CC[Si]1(CC=C)CCCCCC1. The number of allylic oxidation sites excluding steroid dienone is 2. The Morgan fingerprint density at radius 3 is 1.69 bits per heavy atom. The Balaban J connectivity index is 2.60. The van der Waals surface area contributed by atoms with Crippen molar-refractivity contribution in [3.8, 4) is 0 Å². The minimum atomic E-state index is -0.969. The van der Waals surface area contributed by atoms with E-state index in [2.05, 4.69) is 25.3 Å². The normalized spacial score (nSPS) is 21.8. The molecule has 0 saturated carbocycles. The van der Waals surface area contributed by atoms with Gasteiger partial charge in [0.25, 0.3) is 0 Å². The first-order chi connectivity index (χ1) is 6.33. The monoisotopic (exact) mass is 194 g/mol. The second-order valence-electron chi connectivity index (χ2n) is 4.40. The summed E-state index contributed by atoms with van der Waals surface area (Å²) in [4.78, 5) is 0. The predicted octanol–water partition coefficient (Wildman–Crippen LogP) is 4.38. The molecule has 0 atom stereocenters. The molecule has 0 N–H and O–H groups in total. The molecule has 0 aromatic heterocycles. The fraction of sp³-hybridized carbons (Fsp3) is 0.667. The summed E-state index contributed by atoms with van der Waals surface area (Å²) in [5.74, 6) is 0. The van der Waals surface area contributed by atoms with Crippen molar-refractivity contribution in [3.63, 3.8) is 0 Å². The lowest BCUT2D eigenvalue weighted by Gasteiger charge is -2.28. The van der Waals surface area contributed by atoms with Gasteiger partial charge < -0.3 is 0 Å². The minimum Gasteiger partial charge on any atom is -0.103 e. The van der Waals surface area contributed by atoms with Crippen molar-refractivity contribution >= 4 is 8.07 Å². The van der Waals surface area contributed by atoms with Crippen molar-refractivity contribution < 1.29 is 0 Å². The second kappa shape index (κ2) is 5.43. The van der Waals surface area contributed by atoms with E-state index in [-0.39, 0.29) is 0 Å². The van der Waals surface area contributed by atoms with Gasteiger partial charge in [-0.25, -0.2) is 0 Å². The molecule has 1 aliphatic heterocycles. The molecule has 1 rings (SSSR count). The topological polar surface area (TPSA) is 0 Å². The maximum atomic E-state index is 3.91. The molecule has 0 aliphatic carbocycles. The highest BCUT2D eigenvalue weighted by Gasteiger charge is 2.30. The Kier molecular flexibility index (Phi) is 4.50. The average molecular weight is 194 g/mol. The van der Waals surface area contributed by atoms with Crippen LogP contribution in [0.25, 0.3) is 0 Å². The Hall–Kier alpha value is -0.303. The fourth-order valence-corrected chi connectivity index (χ4v) is 7.04. The second-order valence-corrected chi connectivity index (χ2v) is 9.22. The van der Waals surface area contributed by atoms with Gasteiger partial charge in [0.2, 0.25) is 0 Å².